The lowest BCUT2D eigenvalue weighted by molar-refractivity contribution is -0.144. The Balaban J connectivity index is 2.73. The van der Waals surface area contributed by atoms with Crippen molar-refractivity contribution < 1.29 is 14.3 Å². The van der Waals surface area contributed by atoms with Crippen molar-refractivity contribution in [1.29, 1.82) is 0 Å². The summed E-state index contributed by atoms with van der Waals surface area (Å²) in [6, 6.07) is 1.77. The van der Waals surface area contributed by atoms with Crippen LogP contribution in [0.15, 0.2) is 18.5 Å². The quantitative estimate of drug-likeness (QED) is 0.574. The number of ether oxygens (including phenoxy) is 1. The van der Waals surface area contributed by atoms with Crippen molar-refractivity contribution in [3.63, 3.8) is 0 Å². The Kier molecular flexibility index (Phi) is 4.17. The molecule has 4 nitrogen and oxygen atoms in total. The molecule has 0 aliphatic carbocycles. The van der Waals surface area contributed by atoms with Crippen LogP contribution in [0, 0.1) is 12.8 Å². The summed E-state index contributed by atoms with van der Waals surface area (Å²) >= 11 is 0. The van der Waals surface area contributed by atoms with Crippen LogP contribution < -0.4 is 0 Å². The molecule has 1 aromatic rings. The first kappa shape index (κ1) is 12.4. The van der Waals surface area contributed by atoms with Gasteiger partial charge in [-0.05, 0) is 18.6 Å². The van der Waals surface area contributed by atoms with E-state index in [0.717, 1.165) is 5.56 Å². The van der Waals surface area contributed by atoms with Gasteiger partial charge in [-0.25, -0.2) is 0 Å². The number of aryl methyl sites for hydroxylation is 1. The van der Waals surface area contributed by atoms with E-state index in [2.05, 4.69) is 9.72 Å². The van der Waals surface area contributed by atoms with Crippen molar-refractivity contribution in [2.45, 2.75) is 20.3 Å². The van der Waals surface area contributed by atoms with Gasteiger partial charge >= 0.3 is 5.97 Å². The van der Waals surface area contributed by atoms with E-state index in [1.165, 1.54) is 13.3 Å². The standard InChI is InChI=1S/C12H15NO3/c1-8-4-5-13-7-10(8)11(14)6-9(2)12(15)16-3/h4-5,7,9H,6H2,1-3H3. The molecule has 0 bridgehead atoms. The Bertz CT molecular complexity index is 401. The molecule has 0 fully saturated rings. The number of nitrogens with zero attached hydrogens (tertiary/aromatic N) is 1. The van der Waals surface area contributed by atoms with E-state index in [9.17, 15) is 9.59 Å². The fraction of sp³-hybridized carbons (Fsp3) is 0.417. The van der Waals surface area contributed by atoms with Crippen LogP contribution in [-0.4, -0.2) is 23.8 Å². The zero-order valence-corrected chi connectivity index (χ0v) is 9.69. The lowest BCUT2D eigenvalue weighted by atomic mass is 9.98. The monoisotopic (exact) mass is 221 g/mol. The number of ketones is 1. The minimum absolute atomic E-state index is 0.0801. The third kappa shape index (κ3) is 2.89. The van der Waals surface area contributed by atoms with Crippen molar-refractivity contribution in [2.75, 3.05) is 7.11 Å². The van der Waals surface area contributed by atoms with Crippen LogP contribution in [0.25, 0.3) is 0 Å². The molecule has 4 heteroatoms. The largest absolute Gasteiger partial charge is 0.469 e. The Morgan fingerprint density at radius 3 is 2.75 bits per heavy atom. The number of hydrogen-bond acceptors (Lipinski definition) is 4. The predicted molar refractivity (Wildman–Crippen MR) is 59.1 cm³/mol. The molecule has 86 valence electrons. The lowest BCUT2D eigenvalue weighted by Gasteiger charge is -2.09. The maximum Gasteiger partial charge on any atom is 0.308 e. The van der Waals surface area contributed by atoms with E-state index in [4.69, 9.17) is 0 Å². The number of rotatable bonds is 4. The minimum atomic E-state index is -0.419. The summed E-state index contributed by atoms with van der Waals surface area (Å²) in [6.45, 7) is 3.52. The number of pyridine rings is 1. The van der Waals surface area contributed by atoms with Crippen molar-refractivity contribution >= 4 is 11.8 Å². The molecular weight excluding hydrogens is 206 g/mol. The molecule has 0 aromatic carbocycles. The maximum absolute atomic E-state index is 11.8. The number of carbonyl (C=O) groups excluding carboxylic acids is 2. The highest BCUT2D eigenvalue weighted by atomic mass is 16.5. The summed E-state index contributed by atoms with van der Waals surface area (Å²) < 4.78 is 4.57. The van der Waals surface area contributed by atoms with Crippen LogP contribution >= 0.6 is 0 Å². The number of hydrogen-bond donors (Lipinski definition) is 0. The van der Waals surface area contributed by atoms with Crippen molar-refractivity contribution in [1.82, 2.24) is 4.98 Å². The summed E-state index contributed by atoms with van der Waals surface area (Å²) in [7, 11) is 1.32. The zero-order chi connectivity index (χ0) is 12.1. The highest BCUT2D eigenvalue weighted by Crippen LogP contribution is 2.13. The average molecular weight is 221 g/mol. The van der Waals surface area contributed by atoms with Crippen LogP contribution in [0.3, 0.4) is 0 Å². The highest BCUT2D eigenvalue weighted by molar-refractivity contribution is 5.98. The number of esters is 1. The second-order valence-electron chi connectivity index (χ2n) is 3.74. The van der Waals surface area contributed by atoms with Crippen LogP contribution in [0.5, 0.6) is 0 Å². The fourth-order valence-electron chi connectivity index (χ4n) is 1.43. The minimum Gasteiger partial charge on any atom is -0.469 e. The first-order valence-electron chi connectivity index (χ1n) is 5.08. The molecule has 0 aliphatic rings. The Labute approximate surface area is 94.6 Å². The third-order valence-electron chi connectivity index (χ3n) is 2.43. The summed E-state index contributed by atoms with van der Waals surface area (Å²) in [6.07, 6.45) is 3.32. The van der Waals surface area contributed by atoms with Gasteiger partial charge < -0.3 is 4.74 Å². The molecule has 1 unspecified atom stereocenters. The van der Waals surface area contributed by atoms with E-state index in [1.54, 1.807) is 19.2 Å². The molecule has 1 atom stereocenters. The molecule has 1 heterocycles. The first-order chi connectivity index (χ1) is 7.56. The maximum atomic E-state index is 11.8. The van der Waals surface area contributed by atoms with Crippen molar-refractivity contribution in [3.05, 3.63) is 29.6 Å². The van der Waals surface area contributed by atoms with E-state index in [-0.39, 0.29) is 18.2 Å². The second kappa shape index (κ2) is 5.39. The predicted octanol–water partition coefficient (Wildman–Crippen LogP) is 1.77. The van der Waals surface area contributed by atoms with E-state index < -0.39 is 5.92 Å². The lowest BCUT2D eigenvalue weighted by Crippen LogP contribution is -2.17. The van der Waals surface area contributed by atoms with Gasteiger partial charge in [-0.3, -0.25) is 14.6 Å². The van der Waals surface area contributed by atoms with Gasteiger partial charge in [0.2, 0.25) is 0 Å². The van der Waals surface area contributed by atoms with Crippen LogP contribution in [0.2, 0.25) is 0 Å². The molecule has 0 radical (unpaired) electrons. The van der Waals surface area contributed by atoms with Gasteiger partial charge in [0.1, 0.15) is 0 Å². The van der Waals surface area contributed by atoms with Gasteiger partial charge in [0.15, 0.2) is 5.78 Å². The Hall–Kier alpha value is -1.71. The fourth-order valence-corrected chi connectivity index (χ4v) is 1.43. The number of methoxy groups -OCH3 is 1. The van der Waals surface area contributed by atoms with Crippen LogP contribution in [0.1, 0.15) is 29.3 Å². The summed E-state index contributed by atoms with van der Waals surface area (Å²) in [5.74, 6) is -0.865. The van der Waals surface area contributed by atoms with Crippen molar-refractivity contribution in [2.24, 2.45) is 5.92 Å². The van der Waals surface area contributed by atoms with Gasteiger partial charge in [-0.1, -0.05) is 6.92 Å². The third-order valence-corrected chi connectivity index (χ3v) is 2.43. The molecule has 0 saturated heterocycles. The highest BCUT2D eigenvalue weighted by Gasteiger charge is 2.19. The molecular formula is C12H15NO3. The summed E-state index contributed by atoms with van der Waals surface area (Å²) in [5.41, 5.74) is 1.44. The van der Waals surface area contributed by atoms with E-state index >= 15 is 0 Å². The molecule has 0 amide bonds. The van der Waals surface area contributed by atoms with Crippen molar-refractivity contribution in [3.8, 4) is 0 Å². The van der Waals surface area contributed by atoms with Gasteiger partial charge in [-0.15, -0.1) is 0 Å². The normalized spacial score (nSPS) is 11.9. The Morgan fingerprint density at radius 1 is 1.50 bits per heavy atom. The summed E-state index contributed by atoms with van der Waals surface area (Å²) in [4.78, 5) is 26.9. The van der Waals surface area contributed by atoms with Crippen LogP contribution in [0.4, 0.5) is 0 Å². The van der Waals surface area contributed by atoms with Gasteiger partial charge in [0.25, 0.3) is 0 Å². The number of carbonyl (C=O) groups is 2. The topological polar surface area (TPSA) is 56.3 Å². The van der Waals surface area contributed by atoms with E-state index in [0.29, 0.717) is 5.56 Å². The molecule has 1 rings (SSSR count). The average Bonchev–Trinajstić information content (AvgIpc) is 2.28. The Morgan fingerprint density at radius 2 is 2.19 bits per heavy atom. The second-order valence-corrected chi connectivity index (χ2v) is 3.74. The molecule has 0 spiro atoms. The smallest absolute Gasteiger partial charge is 0.308 e. The first-order valence-corrected chi connectivity index (χ1v) is 5.08. The van der Waals surface area contributed by atoms with Crippen LogP contribution in [-0.2, 0) is 9.53 Å². The number of aromatic nitrogens is 1. The molecule has 1 aromatic heterocycles. The number of Topliss-reactive ketones (excluding diaryl/α,β-unsaturated/α-hetero) is 1. The summed E-state index contributed by atoms with van der Waals surface area (Å²) in [5, 5.41) is 0. The van der Waals surface area contributed by atoms with Gasteiger partial charge in [0.05, 0.1) is 13.0 Å². The van der Waals surface area contributed by atoms with Gasteiger partial charge in [0, 0.05) is 24.4 Å². The molecule has 0 N–H and O–H groups in total. The van der Waals surface area contributed by atoms with Gasteiger partial charge in [-0.2, -0.15) is 0 Å². The molecule has 16 heavy (non-hydrogen) atoms. The SMILES string of the molecule is COC(=O)C(C)CC(=O)c1cnccc1C. The molecule has 0 aliphatic heterocycles. The van der Waals surface area contributed by atoms with E-state index in [1.807, 2.05) is 6.92 Å². The zero-order valence-electron chi connectivity index (χ0n) is 9.69. The molecule has 0 saturated carbocycles.